The first kappa shape index (κ1) is 8.92. The predicted octanol–water partition coefficient (Wildman–Crippen LogP) is 1.30. The molecule has 0 aliphatic carbocycles. The van der Waals surface area contributed by atoms with Gasteiger partial charge in [-0.3, -0.25) is 0 Å². The summed E-state index contributed by atoms with van der Waals surface area (Å²) in [5, 5.41) is 0. The van der Waals surface area contributed by atoms with Crippen molar-refractivity contribution < 1.29 is 0 Å². The molecule has 1 radical (unpaired) electrons. The highest BCUT2D eigenvalue weighted by Crippen LogP contribution is 1.95. The van der Waals surface area contributed by atoms with Crippen LogP contribution in [0.3, 0.4) is 0 Å². The first-order valence-electron chi connectivity index (χ1n) is 3.50. The molecule has 0 atom stereocenters. The molecule has 0 rings (SSSR count). The lowest BCUT2D eigenvalue weighted by Gasteiger charge is -2.18. The maximum atomic E-state index is 4.11. The van der Waals surface area contributed by atoms with E-state index >= 15 is 0 Å². The summed E-state index contributed by atoms with van der Waals surface area (Å²) in [5.74, 6) is 0. The van der Waals surface area contributed by atoms with Crippen molar-refractivity contribution >= 4 is 0 Å². The first-order chi connectivity index (χ1) is 4.06. The van der Waals surface area contributed by atoms with E-state index in [-0.39, 0.29) is 5.54 Å². The molecule has 0 aromatic rings. The van der Waals surface area contributed by atoms with Crippen molar-refractivity contribution in [2.75, 3.05) is 6.54 Å². The largest absolute Gasteiger partial charge is 0.235 e. The molecule has 9 heavy (non-hydrogen) atoms. The lowest BCUT2D eigenvalue weighted by molar-refractivity contribution is 0.351. The van der Waals surface area contributed by atoms with Crippen LogP contribution in [0.5, 0.6) is 0 Å². The molecule has 2 heteroatoms. The lowest BCUT2D eigenvalue weighted by atomic mass is 10.1. The van der Waals surface area contributed by atoms with Crippen LogP contribution in [-0.4, -0.2) is 12.1 Å². The zero-order chi connectivity index (χ0) is 7.33. The number of rotatable bonds is 3. The Hall–Kier alpha value is -0.0800. The second-order valence-corrected chi connectivity index (χ2v) is 3.24. The SMILES string of the molecule is CCC[N]NC(C)(C)C. The third kappa shape index (κ3) is 7.92. The van der Waals surface area contributed by atoms with Gasteiger partial charge in [0.2, 0.25) is 0 Å². The van der Waals surface area contributed by atoms with Crippen molar-refractivity contribution in [1.29, 1.82) is 0 Å². The van der Waals surface area contributed by atoms with Gasteiger partial charge < -0.3 is 0 Å². The van der Waals surface area contributed by atoms with Crippen LogP contribution in [0.2, 0.25) is 0 Å². The van der Waals surface area contributed by atoms with Gasteiger partial charge in [-0.1, -0.05) is 6.92 Å². The van der Waals surface area contributed by atoms with Gasteiger partial charge in [0.1, 0.15) is 0 Å². The minimum atomic E-state index is 0.134. The van der Waals surface area contributed by atoms with E-state index in [1.54, 1.807) is 0 Å². The fourth-order valence-electron chi connectivity index (χ4n) is 0.405. The summed E-state index contributed by atoms with van der Waals surface area (Å²) < 4.78 is 0. The van der Waals surface area contributed by atoms with Crippen LogP contribution >= 0.6 is 0 Å². The molecular formula is C7H17N2. The second kappa shape index (κ2) is 3.85. The summed E-state index contributed by atoms with van der Waals surface area (Å²) in [6.45, 7) is 9.34. The average molecular weight is 129 g/mol. The van der Waals surface area contributed by atoms with E-state index in [1.807, 2.05) is 0 Å². The van der Waals surface area contributed by atoms with Crippen LogP contribution in [0, 0.1) is 0 Å². The first-order valence-corrected chi connectivity index (χ1v) is 3.50. The van der Waals surface area contributed by atoms with E-state index in [1.165, 1.54) is 0 Å². The van der Waals surface area contributed by atoms with Crippen molar-refractivity contribution in [2.24, 2.45) is 0 Å². The lowest BCUT2D eigenvalue weighted by Crippen LogP contribution is -2.41. The van der Waals surface area contributed by atoms with E-state index in [0.717, 1.165) is 13.0 Å². The molecule has 0 aromatic heterocycles. The second-order valence-electron chi connectivity index (χ2n) is 3.24. The number of nitrogens with one attached hydrogen (secondary N) is 1. The van der Waals surface area contributed by atoms with Crippen molar-refractivity contribution in [2.45, 2.75) is 39.7 Å². The molecule has 0 aliphatic heterocycles. The van der Waals surface area contributed by atoms with Crippen LogP contribution < -0.4 is 10.9 Å². The van der Waals surface area contributed by atoms with Crippen molar-refractivity contribution in [3.8, 4) is 0 Å². The van der Waals surface area contributed by atoms with E-state index in [0.29, 0.717) is 0 Å². The van der Waals surface area contributed by atoms with E-state index in [9.17, 15) is 0 Å². The number of hydrogen-bond donors (Lipinski definition) is 1. The van der Waals surface area contributed by atoms with E-state index in [4.69, 9.17) is 0 Å². The van der Waals surface area contributed by atoms with E-state index in [2.05, 4.69) is 38.5 Å². The summed E-state index contributed by atoms with van der Waals surface area (Å²) in [5.41, 5.74) is 7.29. The number of hydrogen-bond acceptors (Lipinski definition) is 1. The Morgan fingerprint density at radius 2 is 1.89 bits per heavy atom. The summed E-state index contributed by atoms with van der Waals surface area (Å²) >= 11 is 0. The summed E-state index contributed by atoms with van der Waals surface area (Å²) in [4.78, 5) is 0. The molecule has 0 aromatic carbocycles. The Labute approximate surface area is 58.0 Å². The van der Waals surface area contributed by atoms with Crippen molar-refractivity contribution in [1.82, 2.24) is 10.9 Å². The minimum absolute atomic E-state index is 0.134. The van der Waals surface area contributed by atoms with Crippen LogP contribution in [0.25, 0.3) is 0 Å². The van der Waals surface area contributed by atoms with Gasteiger partial charge in [-0.05, 0) is 27.2 Å². The molecule has 0 heterocycles. The summed E-state index contributed by atoms with van der Waals surface area (Å²) in [7, 11) is 0. The zero-order valence-electron chi connectivity index (χ0n) is 6.86. The van der Waals surface area contributed by atoms with Gasteiger partial charge in [0, 0.05) is 12.1 Å². The Balaban J connectivity index is 3.07. The molecule has 1 N–H and O–H groups in total. The van der Waals surface area contributed by atoms with Gasteiger partial charge >= 0.3 is 0 Å². The predicted molar refractivity (Wildman–Crippen MR) is 40.2 cm³/mol. The third-order valence-corrected chi connectivity index (χ3v) is 0.750. The van der Waals surface area contributed by atoms with Crippen molar-refractivity contribution in [3.05, 3.63) is 0 Å². The Bertz CT molecular complexity index is 63.8. The van der Waals surface area contributed by atoms with Gasteiger partial charge in [-0.15, -0.1) is 0 Å². The molecule has 0 saturated heterocycles. The zero-order valence-corrected chi connectivity index (χ0v) is 6.86. The molecular weight excluding hydrogens is 112 g/mol. The molecule has 0 bridgehead atoms. The Kier molecular flexibility index (Phi) is 3.82. The van der Waals surface area contributed by atoms with Crippen molar-refractivity contribution in [3.63, 3.8) is 0 Å². The summed E-state index contributed by atoms with van der Waals surface area (Å²) in [6.07, 6.45) is 1.11. The van der Waals surface area contributed by atoms with Crippen LogP contribution in [-0.2, 0) is 0 Å². The average Bonchev–Trinajstić information content (AvgIpc) is 1.63. The monoisotopic (exact) mass is 129 g/mol. The minimum Gasteiger partial charge on any atom is -0.235 e. The molecule has 0 fully saturated rings. The number of nitrogens with zero attached hydrogens (tertiary/aromatic N) is 1. The molecule has 0 amide bonds. The van der Waals surface area contributed by atoms with Gasteiger partial charge in [0.15, 0.2) is 0 Å². The topological polar surface area (TPSA) is 26.1 Å². The molecule has 0 unspecified atom stereocenters. The van der Waals surface area contributed by atoms with Crippen LogP contribution in [0.1, 0.15) is 34.1 Å². The Morgan fingerprint density at radius 1 is 1.33 bits per heavy atom. The standard InChI is InChI=1S/C7H17N2/c1-5-6-8-9-7(2,3)4/h9H,5-6H2,1-4H3. The molecule has 55 valence electrons. The van der Waals surface area contributed by atoms with Gasteiger partial charge in [-0.2, -0.15) is 5.43 Å². The molecule has 2 nitrogen and oxygen atoms in total. The molecule has 0 spiro atoms. The molecule has 0 saturated carbocycles. The third-order valence-electron chi connectivity index (χ3n) is 0.750. The van der Waals surface area contributed by atoms with Crippen LogP contribution in [0.15, 0.2) is 0 Å². The Morgan fingerprint density at radius 3 is 2.22 bits per heavy atom. The van der Waals surface area contributed by atoms with Gasteiger partial charge in [0.25, 0.3) is 0 Å². The van der Waals surface area contributed by atoms with Crippen LogP contribution in [0.4, 0.5) is 0 Å². The van der Waals surface area contributed by atoms with Gasteiger partial charge in [-0.25, -0.2) is 5.43 Å². The van der Waals surface area contributed by atoms with Gasteiger partial charge in [0.05, 0.1) is 0 Å². The quantitative estimate of drug-likeness (QED) is 0.451. The smallest absolute Gasteiger partial charge is 0.0301 e. The van der Waals surface area contributed by atoms with E-state index < -0.39 is 0 Å². The normalized spacial score (nSPS) is 12.0. The maximum Gasteiger partial charge on any atom is 0.0301 e. The highest BCUT2D eigenvalue weighted by Gasteiger charge is 2.06. The molecule has 0 aliphatic rings. The highest BCUT2D eigenvalue weighted by molar-refractivity contribution is 4.65. The summed E-state index contributed by atoms with van der Waals surface area (Å²) in [6, 6.07) is 0. The fourth-order valence-corrected chi connectivity index (χ4v) is 0.405. The highest BCUT2D eigenvalue weighted by atomic mass is 15.4. The fraction of sp³-hybridized carbons (Fsp3) is 1.00. The maximum absolute atomic E-state index is 4.11.